The Morgan fingerprint density at radius 3 is 2.92 bits per heavy atom. The largest absolute Gasteiger partial charge is 0.355 e. The monoisotopic (exact) mass is 398 g/mol. The molecule has 0 radical (unpaired) electrons. The van der Waals surface area contributed by atoms with E-state index >= 15 is 0 Å². The second kappa shape index (κ2) is 9.16. The molecule has 0 bridgehead atoms. The van der Waals surface area contributed by atoms with Crippen LogP contribution in [0.15, 0.2) is 22.7 Å². The molecule has 1 aromatic carbocycles. The molecule has 2 amide bonds. The van der Waals surface area contributed by atoms with Crippen LogP contribution in [0.25, 0.3) is 0 Å². The Kier molecular flexibility index (Phi) is 7.21. The molecule has 1 aliphatic heterocycles. The van der Waals surface area contributed by atoms with E-state index in [2.05, 4.69) is 21.2 Å². The lowest BCUT2D eigenvalue weighted by Gasteiger charge is -2.32. The van der Waals surface area contributed by atoms with E-state index in [0.29, 0.717) is 30.4 Å². The molecular weight excluding hydrogens is 375 g/mol. The molecule has 0 spiro atoms. The van der Waals surface area contributed by atoms with Gasteiger partial charge in [0.2, 0.25) is 11.8 Å². The van der Waals surface area contributed by atoms with Crippen molar-refractivity contribution in [3.05, 3.63) is 34.1 Å². The van der Waals surface area contributed by atoms with Crippen LogP contribution >= 0.6 is 15.9 Å². The molecule has 1 aliphatic rings. The fourth-order valence-electron chi connectivity index (χ4n) is 2.96. The molecule has 1 unspecified atom stereocenters. The Morgan fingerprint density at radius 1 is 1.42 bits per heavy atom. The van der Waals surface area contributed by atoms with Crippen molar-refractivity contribution in [2.45, 2.75) is 39.0 Å². The highest BCUT2D eigenvalue weighted by Crippen LogP contribution is 2.19. The maximum absolute atomic E-state index is 13.2. The van der Waals surface area contributed by atoms with Gasteiger partial charge >= 0.3 is 0 Å². The van der Waals surface area contributed by atoms with Gasteiger partial charge in [-0.2, -0.15) is 0 Å². The Hall–Kier alpha value is -1.43. The van der Waals surface area contributed by atoms with E-state index in [4.69, 9.17) is 0 Å². The number of carbonyl (C=O) groups excluding carboxylic acids is 2. The second-order valence-electron chi connectivity index (χ2n) is 6.22. The van der Waals surface area contributed by atoms with Crippen LogP contribution in [-0.4, -0.2) is 36.3 Å². The van der Waals surface area contributed by atoms with Gasteiger partial charge in [0, 0.05) is 26.1 Å². The number of piperidine rings is 1. The lowest BCUT2D eigenvalue weighted by atomic mass is 9.96. The smallest absolute Gasteiger partial charge is 0.224 e. The molecule has 1 heterocycles. The standard InChI is InChI=1S/C18H24BrFN2O2/c1-2-4-17(23)22-10-3-5-14(12-22)18(24)21-9-8-13-6-7-16(20)15(19)11-13/h6-7,11,14H,2-5,8-10,12H2,1H3,(H,21,24). The van der Waals surface area contributed by atoms with Crippen molar-refractivity contribution in [1.29, 1.82) is 0 Å². The predicted molar refractivity (Wildman–Crippen MR) is 95.0 cm³/mol. The minimum Gasteiger partial charge on any atom is -0.355 e. The molecule has 1 aromatic rings. The quantitative estimate of drug-likeness (QED) is 0.798. The summed E-state index contributed by atoms with van der Waals surface area (Å²) in [7, 11) is 0. The first kappa shape index (κ1) is 18.9. The summed E-state index contributed by atoms with van der Waals surface area (Å²) in [5.41, 5.74) is 0.965. The van der Waals surface area contributed by atoms with Crippen molar-refractivity contribution in [3.8, 4) is 0 Å². The number of nitrogens with one attached hydrogen (secondary N) is 1. The number of hydrogen-bond acceptors (Lipinski definition) is 2. The molecule has 132 valence electrons. The summed E-state index contributed by atoms with van der Waals surface area (Å²) in [6.45, 7) is 3.77. The highest BCUT2D eigenvalue weighted by atomic mass is 79.9. The lowest BCUT2D eigenvalue weighted by molar-refractivity contribution is -0.135. The molecule has 1 saturated heterocycles. The number of nitrogens with zero attached hydrogens (tertiary/aromatic N) is 1. The van der Waals surface area contributed by atoms with Crippen LogP contribution in [0.4, 0.5) is 4.39 Å². The van der Waals surface area contributed by atoms with Gasteiger partial charge in [-0.3, -0.25) is 9.59 Å². The number of rotatable bonds is 6. The molecule has 0 aromatic heterocycles. The van der Waals surface area contributed by atoms with Gasteiger partial charge in [0.05, 0.1) is 10.4 Å². The van der Waals surface area contributed by atoms with E-state index in [-0.39, 0.29) is 23.5 Å². The van der Waals surface area contributed by atoms with Crippen molar-refractivity contribution in [2.24, 2.45) is 5.92 Å². The average Bonchev–Trinajstić information content (AvgIpc) is 2.58. The molecular formula is C18H24BrFN2O2. The fraction of sp³-hybridized carbons (Fsp3) is 0.556. The van der Waals surface area contributed by atoms with Gasteiger partial charge < -0.3 is 10.2 Å². The van der Waals surface area contributed by atoms with Crippen molar-refractivity contribution in [1.82, 2.24) is 10.2 Å². The highest BCUT2D eigenvalue weighted by Gasteiger charge is 2.27. The Morgan fingerprint density at radius 2 is 2.21 bits per heavy atom. The topological polar surface area (TPSA) is 49.4 Å². The van der Waals surface area contributed by atoms with Gasteiger partial charge in [0.15, 0.2) is 0 Å². The van der Waals surface area contributed by atoms with Crippen molar-refractivity contribution >= 4 is 27.7 Å². The second-order valence-corrected chi connectivity index (χ2v) is 7.07. The number of likely N-dealkylation sites (tertiary alicyclic amines) is 1. The third-order valence-corrected chi connectivity index (χ3v) is 4.91. The molecule has 0 saturated carbocycles. The SMILES string of the molecule is CCCC(=O)N1CCCC(C(=O)NCCc2ccc(F)c(Br)c2)C1. The van der Waals surface area contributed by atoms with Crippen molar-refractivity contribution in [3.63, 3.8) is 0 Å². The maximum Gasteiger partial charge on any atom is 0.224 e. The summed E-state index contributed by atoms with van der Waals surface area (Å²) < 4.78 is 13.6. The number of hydrogen-bond donors (Lipinski definition) is 1. The van der Waals surface area contributed by atoms with Crippen molar-refractivity contribution < 1.29 is 14.0 Å². The van der Waals surface area contributed by atoms with Crippen LogP contribution in [0, 0.1) is 11.7 Å². The zero-order chi connectivity index (χ0) is 17.5. The van der Waals surface area contributed by atoms with Gasteiger partial charge in [-0.1, -0.05) is 13.0 Å². The van der Waals surface area contributed by atoms with Gasteiger partial charge in [-0.05, 0) is 59.3 Å². The zero-order valence-corrected chi connectivity index (χ0v) is 15.6. The molecule has 1 N–H and O–H groups in total. The fourth-order valence-corrected chi connectivity index (χ4v) is 3.39. The van der Waals surface area contributed by atoms with Crippen LogP contribution in [0.2, 0.25) is 0 Å². The van der Waals surface area contributed by atoms with E-state index in [1.165, 1.54) is 6.07 Å². The Balaban J connectivity index is 1.79. The van der Waals surface area contributed by atoms with Crippen molar-refractivity contribution in [2.75, 3.05) is 19.6 Å². The molecule has 6 heteroatoms. The summed E-state index contributed by atoms with van der Waals surface area (Å²) >= 11 is 3.16. The number of halogens is 2. The third kappa shape index (κ3) is 5.30. The van der Waals surface area contributed by atoms with Crippen LogP contribution in [0.1, 0.15) is 38.2 Å². The molecule has 2 rings (SSSR count). The molecule has 4 nitrogen and oxygen atoms in total. The van der Waals surface area contributed by atoms with E-state index < -0.39 is 0 Å². The van der Waals surface area contributed by atoms with E-state index in [1.807, 2.05) is 11.8 Å². The lowest BCUT2D eigenvalue weighted by Crippen LogP contribution is -2.45. The van der Waals surface area contributed by atoms with E-state index in [9.17, 15) is 14.0 Å². The maximum atomic E-state index is 13.2. The molecule has 1 fully saturated rings. The first-order valence-electron chi connectivity index (χ1n) is 8.50. The van der Waals surface area contributed by atoms with Gasteiger partial charge in [0.1, 0.15) is 5.82 Å². The highest BCUT2D eigenvalue weighted by molar-refractivity contribution is 9.10. The summed E-state index contributed by atoms with van der Waals surface area (Å²) in [6, 6.07) is 4.87. The van der Waals surface area contributed by atoms with Crippen LogP contribution in [0.3, 0.4) is 0 Å². The zero-order valence-electron chi connectivity index (χ0n) is 14.0. The van der Waals surface area contributed by atoms with E-state index in [0.717, 1.165) is 31.4 Å². The normalized spacial score (nSPS) is 17.6. The number of carbonyl (C=O) groups is 2. The number of benzene rings is 1. The summed E-state index contributed by atoms with van der Waals surface area (Å²) in [6.07, 6.45) is 3.73. The van der Waals surface area contributed by atoms with Crippen LogP contribution in [-0.2, 0) is 16.0 Å². The average molecular weight is 399 g/mol. The minimum atomic E-state index is -0.290. The van der Waals surface area contributed by atoms with Gasteiger partial charge in [-0.25, -0.2) is 4.39 Å². The summed E-state index contributed by atoms with van der Waals surface area (Å²) in [4.78, 5) is 26.1. The van der Waals surface area contributed by atoms with Crippen LogP contribution in [0.5, 0.6) is 0 Å². The Labute approximate surface area is 150 Å². The summed E-state index contributed by atoms with van der Waals surface area (Å²) in [5, 5.41) is 2.94. The Bertz CT molecular complexity index is 594. The molecule has 1 atom stereocenters. The van der Waals surface area contributed by atoms with Crippen LogP contribution < -0.4 is 5.32 Å². The first-order chi connectivity index (χ1) is 11.5. The first-order valence-corrected chi connectivity index (χ1v) is 9.30. The van der Waals surface area contributed by atoms with Gasteiger partial charge in [0.25, 0.3) is 0 Å². The third-order valence-electron chi connectivity index (χ3n) is 4.31. The predicted octanol–water partition coefficient (Wildman–Crippen LogP) is 3.29. The van der Waals surface area contributed by atoms with Gasteiger partial charge in [-0.15, -0.1) is 0 Å². The molecule has 0 aliphatic carbocycles. The van der Waals surface area contributed by atoms with E-state index in [1.54, 1.807) is 12.1 Å². The number of amides is 2. The molecule has 24 heavy (non-hydrogen) atoms. The minimum absolute atomic E-state index is 0.00479. The summed E-state index contributed by atoms with van der Waals surface area (Å²) in [5.74, 6) is -0.266.